The average Bonchev–Trinajstić information content (AvgIpc) is 2.40. The quantitative estimate of drug-likeness (QED) is 0.843. The van der Waals surface area contributed by atoms with Crippen molar-refractivity contribution >= 4 is 5.91 Å². The van der Waals surface area contributed by atoms with Gasteiger partial charge in [-0.25, -0.2) is 0 Å². The molecular formula is C18H26N2O. The first kappa shape index (κ1) is 14.6. The van der Waals surface area contributed by atoms with Gasteiger partial charge in [0, 0.05) is 12.5 Å². The standard InChI is InChI=1S/C18H26N2O/c1-14(16-11-19-12-16)17(21)20-13-18(8-5-9-18)10-15-6-3-2-4-7-15/h2-4,6-7,14,16,19H,5,8-13H2,1H3,(H,20,21). The van der Waals surface area contributed by atoms with Crippen molar-refractivity contribution in [1.29, 1.82) is 0 Å². The van der Waals surface area contributed by atoms with E-state index in [1.807, 2.05) is 0 Å². The summed E-state index contributed by atoms with van der Waals surface area (Å²) in [6.45, 7) is 4.88. The molecule has 0 radical (unpaired) electrons. The lowest BCUT2D eigenvalue weighted by atomic mass is 9.65. The van der Waals surface area contributed by atoms with Crippen LogP contribution in [0.3, 0.4) is 0 Å². The van der Waals surface area contributed by atoms with Gasteiger partial charge in [0.25, 0.3) is 0 Å². The zero-order chi connectivity index (χ0) is 14.7. The van der Waals surface area contributed by atoms with E-state index in [1.54, 1.807) is 0 Å². The number of carbonyl (C=O) groups excluding carboxylic acids is 1. The van der Waals surface area contributed by atoms with Gasteiger partial charge in [-0.3, -0.25) is 4.79 Å². The molecule has 1 aliphatic carbocycles. The summed E-state index contributed by atoms with van der Waals surface area (Å²) in [5, 5.41) is 6.47. The molecule has 2 aliphatic rings. The highest BCUT2D eigenvalue weighted by molar-refractivity contribution is 5.78. The van der Waals surface area contributed by atoms with E-state index in [0.29, 0.717) is 11.3 Å². The van der Waals surface area contributed by atoms with E-state index in [1.165, 1.54) is 24.8 Å². The van der Waals surface area contributed by atoms with Gasteiger partial charge in [0.2, 0.25) is 5.91 Å². The molecule has 21 heavy (non-hydrogen) atoms. The maximum atomic E-state index is 12.3. The first-order valence-corrected chi connectivity index (χ1v) is 8.21. The lowest BCUT2D eigenvalue weighted by molar-refractivity contribution is -0.127. The predicted molar refractivity (Wildman–Crippen MR) is 85.0 cm³/mol. The molecule has 1 aromatic carbocycles. The molecule has 1 atom stereocenters. The third-order valence-electron chi connectivity index (χ3n) is 5.41. The van der Waals surface area contributed by atoms with Crippen molar-refractivity contribution in [3.8, 4) is 0 Å². The number of rotatable bonds is 6. The van der Waals surface area contributed by atoms with Crippen LogP contribution in [0.15, 0.2) is 30.3 Å². The Morgan fingerprint density at radius 3 is 2.57 bits per heavy atom. The third kappa shape index (κ3) is 3.29. The third-order valence-corrected chi connectivity index (χ3v) is 5.41. The van der Waals surface area contributed by atoms with Crippen molar-refractivity contribution in [2.45, 2.75) is 32.6 Å². The fraction of sp³-hybridized carbons (Fsp3) is 0.611. The number of nitrogens with one attached hydrogen (secondary N) is 2. The summed E-state index contributed by atoms with van der Waals surface area (Å²) in [7, 11) is 0. The van der Waals surface area contributed by atoms with Crippen LogP contribution in [-0.4, -0.2) is 25.5 Å². The maximum absolute atomic E-state index is 12.3. The Balaban J connectivity index is 1.53. The van der Waals surface area contributed by atoms with Gasteiger partial charge in [0.1, 0.15) is 0 Å². The second kappa shape index (κ2) is 6.18. The fourth-order valence-electron chi connectivity index (χ4n) is 3.44. The molecule has 2 N–H and O–H groups in total. The number of amides is 1. The van der Waals surface area contributed by atoms with Crippen molar-refractivity contribution in [3.63, 3.8) is 0 Å². The van der Waals surface area contributed by atoms with E-state index in [4.69, 9.17) is 0 Å². The highest BCUT2D eigenvalue weighted by Gasteiger charge is 2.38. The zero-order valence-electron chi connectivity index (χ0n) is 12.9. The SMILES string of the molecule is CC(C(=O)NCC1(Cc2ccccc2)CCC1)C1CNC1. The molecule has 2 fully saturated rings. The minimum Gasteiger partial charge on any atom is -0.355 e. The molecule has 1 aromatic rings. The Morgan fingerprint density at radius 2 is 2.05 bits per heavy atom. The maximum Gasteiger partial charge on any atom is 0.223 e. The fourth-order valence-corrected chi connectivity index (χ4v) is 3.44. The van der Waals surface area contributed by atoms with Crippen LogP contribution in [0.2, 0.25) is 0 Å². The van der Waals surface area contributed by atoms with Crippen LogP contribution in [0.25, 0.3) is 0 Å². The van der Waals surface area contributed by atoms with Gasteiger partial charge in [-0.1, -0.05) is 43.7 Å². The first-order chi connectivity index (χ1) is 10.2. The normalized spacial score (nSPS) is 22.0. The summed E-state index contributed by atoms with van der Waals surface area (Å²) >= 11 is 0. The molecule has 0 spiro atoms. The van der Waals surface area contributed by atoms with Crippen molar-refractivity contribution in [2.75, 3.05) is 19.6 Å². The van der Waals surface area contributed by atoms with E-state index < -0.39 is 0 Å². The van der Waals surface area contributed by atoms with Gasteiger partial charge in [0.15, 0.2) is 0 Å². The van der Waals surface area contributed by atoms with Crippen LogP contribution in [0.1, 0.15) is 31.7 Å². The van der Waals surface area contributed by atoms with Crippen molar-refractivity contribution in [3.05, 3.63) is 35.9 Å². The van der Waals surface area contributed by atoms with Crippen molar-refractivity contribution < 1.29 is 4.79 Å². The van der Waals surface area contributed by atoms with Crippen LogP contribution < -0.4 is 10.6 Å². The van der Waals surface area contributed by atoms with Crippen molar-refractivity contribution in [2.24, 2.45) is 17.3 Å². The highest BCUT2D eigenvalue weighted by atomic mass is 16.1. The van der Waals surface area contributed by atoms with Crippen molar-refractivity contribution in [1.82, 2.24) is 10.6 Å². The molecular weight excluding hydrogens is 260 g/mol. The second-order valence-corrected chi connectivity index (χ2v) is 6.94. The minimum absolute atomic E-state index is 0.139. The van der Waals surface area contributed by atoms with Crippen LogP contribution in [-0.2, 0) is 11.2 Å². The van der Waals surface area contributed by atoms with Crippen LogP contribution in [0, 0.1) is 17.3 Å². The number of hydrogen-bond donors (Lipinski definition) is 2. The monoisotopic (exact) mass is 286 g/mol. The lowest BCUT2D eigenvalue weighted by Crippen LogP contribution is -2.51. The Labute approximate surface area is 127 Å². The topological polar surface area (TPSA) is 41.1 Å². The van der Waals surface area contributed by atoms with Crippen LogP contribution >= 0.6 is 0 Å². The van der Waals surface area contributed by atoms with Gasteiger partial charge < -0.3 is 10.6 Å². The Hall–Kier alpha value is -1.35. The summed E-state index contributed by atoms with van der Waals surface area (Å²) in [6.07, 6.45) is 4.86. The molecule has 0 aromatic heterocycles. The zero-order valence-corrected chi connectivity index (χ0v) is 12.9. The Kier molecular flexibility index (Phi) is 4.29. The van der Waals surface area contributed by atoms with E-state index in [-0.39, 0.29) is 11.8 Å². The van der Waals surface area contributed by atoms with Gasteiger partial charge >= 0.3 is 0 Å². The smallest absolute Gasteiger partial charge is 0.223 e. The first-order valence-electron chi connectivity index (χ1n) is 8.21. The average molecular weight is 286 g/mol. The summed E-state index contributed by atoms with van der Waals surface area (Å²) in [5.74, 6) is 0.900. The largest absolute Gasteiger partial charge is 0.355 e. The Morgan fingerprint density at radius 1 is 1.33 bits per heavy atom. The molecule has 0 bridgehead atoms. The Bertz CT molecular complexity index is 477. The molecule has 3 rings (SSSR count). The molecule has 1 saturated carbocycles. The molecule has 1 amide bonds. The molecule has 3 nitrogen and oxygen atoms in total. The van der Waals surface area contributed by atoms with Gasteiger partial charge in [0.05, 0.1) is 0 Å². The van der Waals surface area contributed by atoms with Crippen LogP contribution in [0.5, 0.6) is 0 Å². The summed E-state index contributed by atoms with van der Waals surface area (Å²) < 4.78 is 0. The number of benzene rings is 1. The molecule has 1 saturated heterocycles. The van der Waals surface area contributed by atoms with E-state index in [0.717, 1.165) is 26.1 Å². The summed E-state index contributed by atoms with van der Waals surface area (Å²) in [4.78, 5) is 12.3. The van der Waals surface area contributed by atoms with E-state index >= 15 is 0 Å². The predicted octanol–water partition coefficient (Wildman–Crippen LogP) is 2.37. The molecule has 1 aliphatic heterocycles. The highest BCUT2D eigenvalue weighted by Crippen LogP contribution is 2.43. The van der Waals surface area contributed by atoms with Gasteiger partial charge in [-0.05, 0) is 49.2 Å². The van der Waals surface area contributed by atoms with E-state index in [2.05, 4.69) is 47.9 Å². The minimum atomic E-state index is 0.139. The molecule has 1 heterocycles. The number of hydrogen-bond acceptors (Lipinski definition) is 2. The van der Waals surface area contributed by atoms with Crippen LogP contribution in [0.4, 0.5) is 0 Å². The summed E-state index contributed by atoms with van der Waals surface area (Å²) in [6, 6.07) is 10.7. The van der Waals surface area contributed by atoms with Gasteiger partial charge in [-0.2, -0.15) is 0 Å². The van der Waals surface area contributed by atoms with Gasteiger partial charge in [-0.15, -0.1) is 0 Å². The lowest BCUT2D eigenvalue weighted by Gasteiger charge is -2.43. The number of carbonyl (C=O) groups is 1. The molecule has 114 valence electrons. The molecule has 3 heteroatoms. The second-order valence-electron chi connectivity index (χ2n) is 6.94. The van der Waals surface area contributed by atoms with E-state index in [9.17, 15) is 4.79 Å². The molecule has 1 unspecified atom stereocenters. The summed E-state index contributed by atoms with van der Waals surface area (Å²) in [5.41, 5.74) is 1.69.